The van der Waals surface area contributed by atoms with Crippen LogP contribution in [0, 0.1) is 0 Å². The molecule has 5 nitrogen and oxygen atoms in total. The molecule has 1 heterocycles. The SMILES string of the molecule is CCO[Si](CCCOCc1ccco1)(OCC)OCC. The van der Waals surface area contributed by atoms with Crippen molar-refractivity contribution in [3.8, 4) is 0 Å². The van der Waals surface area contributed by atoms with Crippen LogP contribution in [-0.2, 0) is 24.6 Å². The first kappa shape index (κ1) is 17.4. The zero-order valence-electron chi connectivity index (χ0n) is 12.7. The van der Waals surface area contributed by atoms with E-state index in [9.17, 15) is 0 Å². The molecule has 1 rings (SSSR count). The summed E-state index contributed by atoms with van der Waals surface area (Å²) in [6, 6.07) is 4.54. The molecule has 20 heavy (non-hydrogen) atoms. The molecule has 0 aliphatic carbocycles. The van der Waals surface area contributed by atoms with Gasteiger partial charge in [0.1, 0.15) is 12.4 Å². The zero-order valence-corrected chi connectivity index (χ0v) is 13.7. The molecule has 0 bridgehead atoms. The third-order valence-electron chi connectivity index (χ3n) is 2.69. The van der Waals surface area contributed by atoms with Crippen molar-refractivity contribution in [1.82, 2.24) is 0 Å². The van der Waals surface area contributed by atoms with Crippen LogP contribution in [0.2, 0.25) is 6.04 Å². The summed E-state index contributed by atoms with van der Waals surface area (Å²) in [6.45, 7) is 8.87. The molecule has 116 valence electrons. The van der Waals surface area contributed by atoms with Gasteiger partial charge in [0.05, 0.1) is 6.26 Å². The fourth-order valence-corrected chi connectivity index (χ4v) is 4.54. The predicted molar refractivity (Wildman–Crippen MR) is 78.4 cm³/mol. The Morgan fingerprint density at radius 1 is 1.05 bits per heavy atom. The van der Waals surface area contributed by atoms with Gasteiger partial charge >= 0.3 is 8.80 Å². The highest BCUT2D eigenvalue weighted by Gasteiger charge is 2.39. The van der Waals surface area contributed by atoms with Gasteiger partial charge < -0.3 is 22.4 Å². The Hall–Kier alpha value is -0.663. The minimum absolute atomic E-state index is 0.499. The predicted octanol–water partition coefficient (Wildman–Crippen LogP) is 3.23. The van der Waals surface area contributed by atoms with Gasteiger partial charge in [-0.2, -0.15) is 0 Å². The summed E-state index contributed by atoms with van der Waals surface area (Å²) < 4.78 is 28.1. The van der Waals surface area contributed by atoms with E-state index in [0.29, 0.717) is 33.0 Å². The number of hydrogen-bond donors (Lipinski definition) is 0. The quantitative estimate of drug-likeness (QED) is 0.438. The summed E-state index contributed by atoms with van der Waals surface area (Å²) in [6.07, 6.45) is 2.50. The molecule has 1 aromatic rings. The lowest BCUT2D eigenvalue weighted by molar-refractivity contribution is 0.0633. The Morgan fingerprint density at radius 2 is 1.70 bits per heavy atom. The van der Waals surface area contributed by atoms with Gasteiger partial charge in [0, 0.05) is 32.5 Å². The van der Waals surface area contributed by atoms with Gasteiger partial charge in [-0.1, -0.05) is 0 Å². The first-order chi connectivity index (χ1) is 9.76. The molecule has 0 saturated heterocycles. The van der Waals surface area contributed by atoms with Crippen LogP contribution in [0.5, 0.6) is 0 Å². The maximum absolute atomic E-state index is 5.78. The summed E-state index contributed by atoms with van der Waals surface area (Å²) in [5.74, 6) is 0.841. The van der Waals surface area contributed by atoms with Gasteiger partial charge in [-0.15, -0.1) is 0 Å². The van der Waals surface area contributed by atoms with Crippen molar-refractivity contribution in [3.63, 3.8) is 0 Å². The topological polar surface area (TPSA) is 50.1 Å². The van der Waals surface area contributed by atoms with E-state index in [0.717, 1.165) is 18.2 Å². The fourth-order valence-electron chi connectivity index (χ4n) is 1.96. The highest BCUT2D eigenvalue weighted by molar-refractivity contribution is 6.60. The zero-order chi connectivity index (χ0) is 14.7. The van der Waals surface area contributed by atoms with Gasteiger partial charge in [-0.3, -0.25) is 0 Å². The Kier molecular flexibility index (Phi) is 8.80. The van der Waals surface area contributed by atoms with Crippen LogP contribution in [0.15, 0.2) is 22.8 Å². The van der Waals surface area contributed by atoms with Crippen LogP contribution in [0.4, 0.5) is 0 Å². The molecule has 1 aromatic heterocycles. The van der Waals surface area contributed by atoms with E-state index in [4.69, 9.17) is 22.4 Å². The molecule has 0 atom stereocenters. The molecular weight excluding hydrogens is 276 g/mol. The van der Waals surface area contributed by atoms with Crippen LogP contribution in [0.25, 0.3) is 0 Å². The summed E-state index contributed by atoms with van der Waals surface area (Å²) >= 11 is 0. The Bertz CT molecular complexity index is 311. The maximum atomic E-state index is 5.78. The van der Waals surface area contributed by atoms with Crippen molar-refractivity contribution < 1.29 is 22.4 Å². The molecule has 0 aliphatic heterocycles. The summed E-state index contributed by atoms with van der Waals surface area (Å²) in [7, 11) is -2.52. The van der Waals surface area contributed by atoms with Crippen molar-refractivity contribution >= 4 is 8.80 Å². The molecule has 0 radical (unpaired) electrons. The number of furan rings is 1. The van der Waals surface area contributed by atoms with Crippen LogP contribution < -0.4 is 0 Å². The molecule has 0 spiro atoms. The average Bonchev–Trinajstić information content (AvgIpc) is 2.92. The van der Waals surface area contributed by atoms with Crippen molar-refractivity contribution in [2.45, 2.75) is 39.8 Å². The number of rotatable bonds is 12. The maximum Gasteiger partial charge on any atom is 0.501 e. The molecular formula is C14H26O5Si. The van der Waals surface area contributed by atoms with E-state index in [-0.39, 0.29) is 0 Å². The summed E-state index contributed by atoms with van der Waals surface area (Å²) in [5, 5.41) is 0. The summed E-state index contributed by atoms with van der Waals surface area (Å²) in [5.41, 5.74) is 0. The van der Waals surface area contributed by atoms with Crippen LogP contribution in [-0.4, -0.2) is 35.2 Å². The van der Waals surface area contributed by atoms with Gasteiger partial charge in [0.15, 0.2) is 0 Å². The van der Waals surface area contributed by atoms with E-state index < -0.39 is 8.80 Å². The minimum Gasteiger partial charge on any atom is -0.467 e. The van der Waals surface area contributed by atoms with E-state index in [1.165, 1.54) is 0 Å². The highest BCUT2D eigenvalue weighted by Crippen LogP contribution is 2.18. The van der Waals surface area contributed by atoms with Crippen LogP contribution in [0.3, 0.4) is 0 Å². The molecule has 6 heteroatoms. The van der Waals surface area contributed by atoms with Crippen molar-refractivity contribution in [2.24, 2.45) is 0 Å². The fraction of sp³-hybridized carbons (Fsp3) is 0.714. The monoisotopic (exact) mass is 302 g/mol. The summed E-state index contributed by atoms with van der Waals surface area (Å²) in [4.78, 5) is 0. The molecule has 0 amide bonds. The van der Waals surface area contributed by atoms with E-state index in [1.807, 2.05) is 32.9 Å². The minimum atomic E-state index is -2.52. The van der Waals surface area contributed by atoms with E-state index in [1.54, 1.807) is 6.26 Å². The number of hydrogen-bond acceptors (Lipinski definition) is 5. The third-order valence-corrected chi connectivity index (χ3v) is 5.84. The van der Waals surface area contributed by atoms with Crippen molar-refractivity contribution in [3.05, 3.63) is 24.2 Å². The molecule has 0 fully saturated rings. The molecule has 0 N–H and O–H groups in total. The standard InChI is InChI=1S/C14H26O5Si/c1-4-17-20(18-5-2,19-6-3)12-8-10-15-13-14-9-7-11-16-14/h7,9,11H,4-6,8,10,12-13H2,1-3H3. The average molecular weight is 302 g/mol. The normalized spacial score (nSPS) is 11.9. The first-order valence-corrected chi connectivity index (χ1v) is 9.21. The van der Waals surface area contributed by atoms with Crippen molar-refractivity contribution in [2.75, 3.05) is 26.4 Å². The lowest BCUT2D eigenvalue weighted by Gasteiger charge is -2.28. The Morgan fingerprint density at radius 3 is 2.20 bits per heavy atom. The van der Waals surface area contributed by atoms with Gasteiger partial charge in [-0.05, 0) is 39.3 Å². The smallest absolute Gasteiger partial charge is 0.467 e. The lowest BCUT2D eigenvalue weighted by atomic mass is 10.5. The lowest BCUT2D eigenvalue weighted by Crippen LogP contribution is -2.46. The molecule has 0 aromatic carbocycles. The van der Waals surface area contributed by atoms with E-state index >= 15 is 0 Å². The van der Waals surface area contributed by atoms with Gasteiger partial charge in [0.2, 0.25) is 0 Å². The Labute approximate surface area is 122 Å². The first-order valence-electron chi connectivity index (χ1n) is 7.28. The third kappa shape index (κ3) is 6.19. The highest BCUT2D eigenvalue weighted by atomic mass is 28.4. The molecule has 0 aliphatic rings. The second kappa shape index (κ2) is 10.1. The van der Waals surface area contributed by atoms with Crippen LogP contribution in [0.1, 0.15) is 33.0 Å². The molecule has 0 unspecified atom stereocenters. The Balaban J connectivity index is 2.29. The van der Waals surface area contributed by atoms with Gasteiger partial charge in [0.25, 0.3) is 0 Å². The molecule has 0 saturated carbocycles. The van der Waals surface area contributed by atoms with Crippen molar-refractivity contribution in [1.29, 1.82) is 0 Å². The largest absolute Gasteiger partial charge is 0.501 e. The second-order valence-corrected chi connectivity index (χ2v) is 6.95. The second-order valence-electron chi connectivity index (χ2n) is 4.22. The van der Waals surface area contributed by atoms with Gasteiger partial charge in [-0.25, -0.2) is 0 Å². The van der Waals surface area contributed by atoms with Crippen LogP contribution >= 0.6 is 0 Å². The van der Waals surface area contributed by atoms with E-state index in [2.05, 4.69) is 0 Å². The number of ether oxygens (including phenoxy) is 1.